The monoisotopic (exact) mass is 570 g/mol. The van der Waals surface area contributed by atoms with Crippen molar-refractivity contribution >= 4 is 17.6 Å². The predicted octanol–water partition coefficient (Wildman–Crippen LogP) is 1.69. The van der Waals surface area contributed by atoms with Gasteiger partial charge in [-0.2, -0.15) is 0 Å². The molecule has 4 aliphatic carbocycles. The zero-order chi connectivity index (χ0) is 29.6. The summed E-state index contributed by atoms with van der Waals surface area (Å²) in [5.41, 5.74) is 1.56. The van der Waals surface area contributed by atoms with Crippen molar-refractivity contribution in [2.45, 2.75) is 77.2 Å². The fourth-order valence-electron chi connectivity index (χ4n) is 7.70. The molecule has 1 aromatic rings. The van der Waals surface area contributed by atoms with Crippen molar-refractivity contribution in [3.63, 3.8) is 0 Å². The van der Waals surface area contributed by atoms with Gasteiger partial charge in [-0.25, -0.2) is 0 Å². The number of amides is 2. The van der Waals surface area contributed by atoms with Crippen LogP contribution in [0.2, 0.25) is 0 Å². The summed E-state index contributed by atoms with van der Waals surface area (Å²) in [4.78, 5) is 41.4. The third-order valence-electron chi connectivity index (χ3n) is 10.1. The summed E-state index contributed by atoms with van der Waals surface area (Å²) in [6.45, 7) is 5.97. The molecule has 0 saturated heterocycles. The molecule has 1 aliphatic heterocycles. The molecule has 10 heteroatoms. The van der Waals surface area contributed by atoms with Gasteiger partial charge in [0.25, 0.3) is 5.91 Å². The van der Waals surface area contributed by atoms with E-state index in [1.165, 1.54) is 12.0 Å². The maximum atomic E-state index is 13.6. The van der Waals surface area contributed by atoms with E-state index in [0.717, 1.165) is 19.3 Å². The van der Waals surface area contributed by atoms with Gasteiger partial charge in [-0.3, -0.25) is 14.4 Å². The van der Waals surface area contributed by atoms with Crippen LogP contribution in [0.5, 0.6) is 11.5 Å². The Kier molecular flexibility index (Phi) is 8.20. The Labute approximate surface area is 240 Å². The fourth-order valence-corrected chi connectivity index (χ4v) is 7.70. The highest BCUT2D eigenvalue weighted by atomic mass is 16.5. The summed E-state index contributed by atoms with van der Waals surface area (Å²) in [7, 11) is 1.47. The van der Waals surface area contributed by atoms with Gasteiger partial charge in [0, 0.05) is 30.6 Å². The molecule has 0 radical (unpaired) electrons. The lowest BCUT2D eigenvalue weighted by Crippen LogP contribution is -2.60. The molecule has 2 bridgehead atoms. The number of nitrogens with one attached hydrogen (secondary N) is 1. The average molecular weight is 571 g/mol. The molecule has 0 unspecified atom stereocenters. The number of hydrogen-bond donors (Lipinski definition) is 4. The zero-order valence-electron chi connectivity index (χ0n) is 24.3. The molecule has 3 saturated carbocycles. The van der Waals surface area contributed by atoms with Crippen molar-refractivity contribution in [1.82, 2.24) is 10.2 Å². The molecule has 1 heterocycles. The molecule has 2 amide bonds. The lowest BCUT2D eigenvalue weighted by molar-refractivity contribution is -0.153. The van der Waals surface area contributed by atoms with Crippen LogP contribution in [0.4, 0.5) is 0 Å². The summed E-state index contributed by atoms with van der Waals surface area (Å²) in [5, 5.41) is 33.7. The third-order valence-corrected chi connectivity index (χ3v) is 10.1. The van der Waals surface area contributed by atoms with Gasteiger partial charge in [0.1, 0.15) is 12.2 Å². The minimum Gasteiger partial charge on any atom is -0.493 e. The zero-order valence-corrected chi connectivity index (χ0v) is 24.3. The lowest BCUT2D eigenvalue weighted by atomic mass is 9.45. The van der Waals surface area contributed by atoms with Crippen LogP contribution in [-0.2, 0) is 21.0 Å². The van der Waals surface area contributed by atoms with E-state index in [4.69, 9.17) is 9.47 Å². The van der Waals surface area contributed by atoms with Crippen LogP contribution in [0.3, 0.4) is 0 Å². The Balaban J connectivity index is 1.57. The van der Waals surface area contributed by atoms with Crippen molar-refractivity contribution in [2.24, 2.45) is 23.2 Å². The highest BCUT2D eigenvalue weighted by molar-refractivity contribution is 6.36. The first-order valence-electron chi connectivity index (χ1n) is 14.7. The molecule has 5 aliphatic rings. The highest BCUT2D eigenvalue weighted by Gasteiger charge is 2.56. The smallest absolute Gasteiger partial charge is 0.290 e. The van der Waals surface area contributed by atoms with E-state index in [-0.39, 0.29) is 43.1 Å². The van der Waals surface area contributed by atoms with E-state index in [1.807, 2.05) is 0 Å². The molecule has 0 aromatic heterocycles. The van der Waals surface area contributed by atoms with Crippen LogP contribution < -0.4 is 14.8 Å². The fraction of sp³-hybridized carbons (Fsp3) is 0.645. The Morgan fingerprint density at radius 2 is 1.95 bits per heavy atom. The minimum absolute atomic E-state index is 0.0193. The maximum absolute atomic E-state index is 13.6. The number of ether oxygens (including phenoxy) is 2. The summed E-state index contributed by atoms with van der Waals surface area (Å²) in [6, 6.07) is 2.39. The van der Waals surface area contributed by atoms with Crippen LogP contribution >= 0.6 is 0 Å². The SMILES string of the molecule is CCC(=O)C(=O)N(C[C@@H]1CC[C@H]2C[C@@H]1C2(C)C)[C@@H]1C=C(C(=O)NCCO)[C@@H]2c3cc(CO)cc(OC)c3O[C@@H]2[C@H]1O. The summed E-state index contributed by atoms with van der Waals surface area (Å²) in [5.74, 6) is -0.441. The number of ketones is 1. The lowest BCUT2D eigenvalue weighted by Gasteiger charge is -2.61. The standard InChI is InChI=1S/C31H42N2O8/c1-5-23(36)30(39)33(14-17-6-7-18-12-21(17)31(18,2)3)22-13-20(29(38)32-8-9-34)25-19-10-16(15-35)11-24(40-4)27(19)41-28(25)26(22)37/h10-11,13,17-18,21-22,25-26,28,34-35,37H,5-9,12,14-15H2,1-4H3,(H,32,38)/t17-,18-,21-,22+,25-,26-,28-/m0/s1. The van der Waals surface area contributed by atoms with E-state index < -0.39 is 41.8 Å². The molecule has 10 nitrogen and oxygen atoms in total. The number of aliphatic hydroxyl groups is 3. The average Bonchev–Trinajstić information content (AvgIpc) is 3.37. The number of hydrogen-bond acceptors (Lipinski definition) is 8. The normalized spacial score (nSPS) is 30.6. The Morgan fingerprint density at radius 3 is 2.56 bits per heavy atom. The Morgan fingerprint density at radius 1 is 1.20 bits per heavy atom. The van der Waals surface area contributed by atoms with Crippen molar-refractivity contribution < 1.29 is 39.2 Å². The number of fused-ring (bicyclic) bond motifs is 5. The van der Waals surface area contributed by atoms with Crippen LogP contribution in [0, 0.1) is 23.2 Å². The van der Waals surface area contributed by atoms with E-state index >= 15 is 0 Å². The van der Waals surface area contributed by atoms with E-state index in [1.54, 1.807) is 25.1 Å². The van der Waals surface area contributed by atoms with Gasteiger partial charge in [-0.15, -0.1) is 0 Å². The van der Waals surface area contributed by atoms with Gasteiger partial charge >= 0.3 is 0 Å². The van der Waals surface area contributed by atoms with Crippen LogP contribution in [0.1, 0.15) is 63.5 Å². The molecular formula is C31H42N2O8. The predicted molar refractivity (Wildman–Crippen MR) is 149 cm³/mol. The summed E-state index contributed by atoms with van der Waals surface area (Å²) < 4.78 is 11.8. The first kappa shape index (κ1) is 29.5. The van der Waals surface area contributed by atoms with Crippen molar-refractivity contribution in [2.75, 3.05) is 26.8 Å². The number of carbonyl (C=O) groups is 3. The number of methoxy groups -OCH3 is 1. The molecule has 41 heavy (non-hydrogen) atoms. The van der Waals surface area contributed by atoms with Gasteiger partial charge < -0.3 is 35.0 Å². The Hall–Kier alpha value is -2.95. The summed E-state index contributed by atoms with van der Waals surface area (Å²) in [6.07, 6.45) is 2.52. The second-order valence-corrected chi connectivity index (χ2v) is 12.4. The third kappa shape index (κ3) is 4.93. The minimum atomic E-state index is -1.25. The number of nitrogens with zero attached hydrogens (tertiary/aromatic N) is 1. The van der Waals surface area contributed by atoms with Crippen molar-refractivity contribution in [3.8, 4) is 11.5 Å². The first-order chi connectivity index (χ1) is 19.6. The second kappa shape index (κ2) is 11.4. The quantitative estimate of drug-likeness (QED) is 0.311. The first-order valence-corrected chi connectivity index (χ1v) is 14.7. The number of aliphatic hydroxyl groups excluding tert-OH is 3. The second-order valence-electron chi connectivity index (χ2n) is 12.4. The molecule has 6 rings (SSSR count). The molecular weight excluding hydrogens is 528 g/mol. The molecule has 3 fully saturated rings. The van der Waals surface area contributed by atoms with E-state index in [9.17, 15) is 29.7 Å². The topological polar surface area (TPSA) is 146 Å². The van der Waals surface area contributed by atoms with Gasteiger partial charge in [0.2, 0.25) is 11.7 Å². The Bertz CT molecular complexity index is 1240. The van der Waals surface area contributed by atoms with Crippen LogP contribution in [0.15, 0.2) is 23.8 Å². The number of benzene rings is 1. The van der Waals surface area contributed by atoms with Crippen LogP contribution in [-0.4, -0.2) is 82.9 Å². The van der Waals surface area contributed by atoms with Crippen molar-refractivity contribution in [1.29, 1.82) is 0 Å². The number of carbonyl (C=O) groups excluding carboxylic acids is 3. The molecule has 4 N–H and O–H groups in total. The summed E-state index contributed by atoms with van der Waals surface area (Å²) >= 11 is 0. The molecule has 7 atom stereocenters. The van der Waals surface area contributed by atoms with Gasteiger partial charge in [0.05, 0.1) is 32.3 Å². The maximum Gasteiger partial charge on any atom is 0.290 e. The molecule has 1 aromatic carbocycles. The molecule has 0 spiro atoms. The van der Waals surface area contributed by atoms with Crippen LogP contribution in [0.25, 0.3) is 0 Å². The van der Waals surface area contributed by atoms with E-state index in [0.29, 0.717) is 41.0 Å². The highest BCUT2D eigenvalue weighted by Crippen LogP contribution is 2.61. The largest absolute Gasteiger partial charge is 0.493 e. The van der Waals surface area contributed by atoms with Gasteiger partial charge in [-0.05, 0) is 66.2 Å². The molecule has 224 valence electrons. The van der Waals surface area contributed by atoms with Gasteiger partial charge in [0.15, 0.2) is 11.5 Å². The van der Waals surface area contributed by atoms with Gasteiger partial charge in [-0.1, -0.05) is 20.8 Å². The van der Waals surface area contributed by atoms with E-state index in [2.05, 4.69) is 19.2 Å². The number of rotatable bonds is 10. The van der Waals surface area contributed by atoms with Crippen molar-refractivity contribution in [3.05, 3.63) is 34.9 Å². The number of Topliss-reactive ketones (excluding diaryl/α,β-unsaturated/α-hetero) is 1.